The predicted molar refractivity (Wildman–Crippen MR) is 105 cm³/mol. The molecule has 1 atom stereocenters. The first-order valence-corrected chi connectivity index (χ1v) is 10.7. The maximum Gasteiger partial charge on any atom is 0.241 e. The van der Waals surface area contributed by atoms with E-state index in [1.54, 1.807) is 56.3 Å². The van der Waals surface area contributed by atoms with E-state index in [4.69, 9.17) is 4.74 Å². The fourth-order valence-electron chi connectivity index (χ4n) is 3.79. The van der Waals surface area contributed by atoms with Gasteiger partial charge < -0.3 is 9.64 Å². The van der Waals surface area contributed by atoms with E-state index in [1.165, 1.54) is 0 Å². The molecular formula is C20H26N2O4S. The lowest BCUT2D eigenvalue weighted by molar-refractivity contribution is -0.133. The number of hydrogen-bond acceptors (Lipinski definition) is 4. The number of carbonyl (C=O) groups excluding carboxylic acids is 1. The lowest BCUT2D eigenvalue weighted by Crippen LogP contribution is -2.48. The van der Waals surface area contributed by atoms with Gasteiger partial charge >= 0.3 is 0 Å². The predicted octanol–water partition coefficient (Wildman–Crippen LogP) is 2.92. The van der Waals surface area contributed by atoms with Gasteiger partial charge in [0, 0.05) is 23.9 Å². The summed E-state index contributed by atoms with van der Waals surface area (Å²) in [6.45, 7) is 1.59. The van der Waals surface area contributed by atoms with Gasteiger partial charge in [-0.3, -0.25) is 4.79 Å². The standard InChI is InChI=1S/C20H26N2O4S/c1-14(20(23)22(2)15-8-4-5-9-15)21-27(24,25)19-13-7-10-16-17(19)11-6-12-18(16)26-3/h6-7,10-15,21H,4-5,8-9H2,1-3H3. The van der Waals surface area contributed by atoms with Crippen LogP contribution in [0.4, 0.5) is 0 Å². The molecule has 1 fully saturated rings. The second-order valence-electron chi connectivity index (χ2n) is 7.04. The van der Waals surface area contributed by atoms with E-state index in [0.717, 1.165) is 25.7 Å². The lowest BCUT2D eigenvalue weighted by atomic mass is 10.1. The quantitative estimate of drug-likeness (QED) is 0.823. The first-order chi connectivity index (χ1) is 12.8. The SMILES string of the molecule is COc1cccc2c(S(=O)(=O)NC(C)C(=O)N(C)C3CCCC3)cccc12. The van der Waals surface area contributed by atoms with E-state index in [9.17, 15) is 13.2 Å². The third-order valence-electron chi connectivity index (χ3n) is 5.27. The van der Waals surface area contributed by atoms with Crippen molar-refractivity contribution in [2.75, 3.05) is 14.2 Å². The van der Waals surface area contributed by atoms with Crippen LogP contribution in [-0.4, -0.2) is 45.5 Å². The molecule has 1 aliphatic carbocycles. The topological polar surface area (TPSA) is 75.7 Å². The molecule has 0 saturated heterocycles. The number of fused-ring (bicyclic) bond motifs is 1. The zero-order chi connectivity index (χ0) is 19.6. The fourth-order valence-corrected chi connectivity index (χ4v) is 5.21. The van der Waals surface area contributed by atoms with Crippen molar-refractivity contribution in [2.45, 2.75) is 49.6 Å². The summed E-state index contributed by atoms with van der Waals surface area (Å²) >= 11 is 0. The van der Waals surface area contributed by atoms with Gasteiger partial charge in [0.2, 0.25) is 15.9 Å². The van der Waals surface area contributed by atoms with E-state index in [1.807, 2.05) is 6.07 Å². The van der Waals surface area contributed by atoms with Gasteiger partial charge in [0.05, 0.1) is 18.0 Å². The minimum absolute atomic E-state index is 0.141. The Balaban J connectivity index is 1.86. The van der Waals surface area contributed by atoms with Crippen LogP contribution in [0.5, 0.6) is 5.75 Å². The molecule has 1 saturated carbocycles. The Bertz CT molecular complexity index is 936. The Labute approximate surface area is 160 Å². The molecule has 2 aromatic rings. The van der Waals surface area contributed by atoms with Gasteiger partial charge in [-0.15, -0.1) is 0 Å². The monoisotopic (exact) mass is 390 g/mol. The number of carbonyl (C=O) groups is 1. The summed E-state index contributed by atoms with van der Waals surface area (Å²) in [6.07, 6.45) is 4.18. The van der Waals surface area contributed by atoms with Crippen LogP contribution in [0, 0.1) is 0 Å². The molecule has 0 aromatic heterocycles. The van der Waals surface area contributed by atoms with Crippen LogP contribution in [0.25, 0.3) is 10.8 Å². The first kappa shape index (κ1) is 19.6. The maximum atomic E-state index is 13.0. The lowest BCUT2D eigenvalue weighted by Gasteiger charge is -2.27. The Morgan fingerprint density at radius 1 is 1.15 bits per heavy atom. The van der Waals surface area contributed by atoms with Crippen molar-refractivity contribution in [1.82, 2.24) is 9.62 Å². The third kappa shape index (κ3) is 3.94. The Morgan fingerprint density at radius 3 is 2.44 bits per heavy atom. The minimum Gasteiger partial charge on any atom is -0.496 e. The minimum atomic E-state index is -3.87. The number of methoxy groups -OCH3 is 1. The number of benzene rings is 2. The summed E-state index contributed by atoms with van der Waals surface area (Å²) < 4.78 is 33.8. The Morgan fingerprint density at radius 2 is 1.78 bits per heavy atom. The molecule has 0 radical (unpaired) electrons. The average Bonchev–Trinajstić information content (AvgIpc) is 3.20. The molecule has 3 rings (SSSR count). The van der Waals surface area contributed by atoms with E-state index < -0.39 is 16.1 Å². The molecule has 6 nitrogen and oxygen atoms in total. The summed E-state index contributed by atoms with van der Waals surface area (Å²) in [7, 11) is -0.561. The highest BCUT2D eigenvalue weighted by Gasteiger charge is 2.30. The number of nitrogens with zero attached hydrogens (tertiary/aromatic N) is 1. The fraction of sp³-hybridized carbons (Fsp3) is 0.450. The van der Waals surface area contributed by atoms with Crippen LogP contribution >= 0.6 is 0 Å². The van der Waals surface area contributed by atoms with Gasteiger partial charge in [-0.25, -0.2) is 8.42 Å². The van der Waals surface area contributed by atoms with E-state index in [0.29, 0.717) is 16.5 Å². The second kappa shape index (κ2) is 7.86. The summed E-state index contributed by atoms with van der Waals surface area (Å²) in [5.41, 5.74) is 0. The number of likely N-dealkylation sites (N-methyl/N-ethyl adjacent to an activating group) is 1. The van der Waals surface area contributed by atoms with Crippen LogP contribution in [0.15, 0.2) is 41.3 Å². The summed E-state index contributed by atoms with van der Waals surface area (Å²) in [6, 6.07) is 9.68. The molecule has 146 valence electrons. The highest BCUT2D eigenvalue weighted by atomic mass is 32.2. The summed E-state index contributed by atoms with van der Waals surface area (Å²) in [5, 5.41) is 1.28. The van der Waals surface area contributed by atoms with Crippen LogP contribution in [0.1, 0.15) is 32.6 Å². The van der Waals surface area contributed by atoms with Crippen molar-refractivity contribution in [3.63, 3.8) is 0 Å². The van der Waals surface area contributed by atoms with Crippen molar-refractivity contribution >= 4 is 26.7 Å². The smallest absolute Gasteiger partial charge is 0.241 e. The molecular weight excluding hydrogens is 364 g/mol. The van der Waals surface area contributed by atoms with Gasteiger partial charge in [0.15, 0.2) is 0 Å². The molecule has 1 unspecified atom stereocenters. The molecule has 1 aliphatic rings. The van der Waals surface area contributed by atoms with Gasteiger partial charge in [0.1, 0.15) is 5.75 Å². The number of sulfonamides is 1. The molecule has 27 heavy (non-hydrogen) atoms. The highest BCUT2D eigenvalue weighted by molar-refractivity contribution is 7.89. The number of nitrogens with one attached hydrogen (secondary N) is 1. The zero-order valence-electron chi connectivity index (χ0n) is 15.9. The summed E-state index contributed by atoms with van der Waals surface area (Å²) in [4.78, 5) is 14.5. The van der Waals surface area contributed by atoms with Crippen molar-refractivity contribution in [2.24, 2.45) is 0 Å². The van der Waals surface area contributed by atoms with Crippen molar-refractivity contribution in [1.29, 1.82) is 0 Å². The average molecular weight is 391 g/mol. The van der Waals surface area contributed by atoms with Crippen LogP contribution in [0.2, 0.25) is 0 Å². The summed E-state index contributed by atoms with van der Waals surface area (Å²) in [5.74, 6) is 0.401. The van der Waals surface area contributed by atoms with Gasteiger partial charge in [-0.05, 0) is 31.9 Å². The van der Waals surface area contributed by atoms with Crippen LogP contribution in [-0.2, 0) is 14.8 Å². The first-order valence-electron chi connectivity index (χ1n) is 9.20. The molecule has 0 heterocycles. The second-order valence-corrected chi connectivity index (χ2v) is 8.72. The van der Waals surface area contributed by atoms with E-state index in [2.05, 4.69) is 4.72 Å². The molecule has 0 bridgehead atoms. The zero-order valence-corrected chi connectivity index (χ0v) is 16.8. The van der Waals surface area contributed by atoms with Crippen LogP contribution < -0.4 is 9.46 Å². The largest absolute Gasteiger partial charge is 0.496 e. The van der Waals surface area contributed by atoms with Crippen molar-refractivity contribution in [3.8, 4) is 5.75 Å². The van der Waals surface area contributed by atoms with Crippen LogP contribution in [0.3, 0.4) is 0 Å². The number of hydrogen-bond donors (Lipinski definition) is 1. The molecule has 7 heteroatoms. The normalized spacial score (nSPS) is 16.4. The molecule has 1 amide bonds. The molecule has 2 aromatic carbocycles. The Kier molecular flexibility index (Phi) is 5.72. The number of ether oxygens (including phenoxy) is 1. The van der Waals surface area contributed by atoms with Crippen molar-refractivity contribution < 1.29 is 17.9 Å². The third-order valence-corrected chi connectivity index (χ3v) is 6.87. The van der Waals surface area contributed by atoms with Gasteiger partial charge in [-0.2, -0.15) is 4.72 Å². The Hall–Kier alpha value is -2.12. The highest BCUT2D eigenvalue weighted by Crippen LogP contribution is 2.30. The molecule has 1 N–H and O–H groups in total. The van der Waals surface area contributed by atoms with Gasteiger partial charge in [-0.1, -0.05) is 37.1 Å². The van der Waals surface area contributed by atoms with Crippen molar-refractivity contribution in [3.05, 3.63) is 36.4 Å². The molecule has 0 spiro atoms. The van der Waals surface area contributed by atoms with E-state index >= 15 is 0 Å². The van der Waals surface area contributed by atoms with Gasteiger partial charge in [0.25, 0.3) is 0 Å². The number of amides is 1. The van der Waals surface area contributed by atoms with E-state index in [-0.39, 0.29) is 16.8 Å². The molecule has 0 aliphatic heterocycles. The maximum absolute atomic E-state index is 13.0. The number of rotatable bonds is 6.